The Hall–Kier alpha value is -3.52. The van der Waals surface area contributed by atoms with Crippen LogP contribution in [-0.4, -0.2) is 21.5 Å². The summed E-state index contributed by atoms with van der Waals surface area (Å²) in [6, 6.07) is 14.1. The van der Waals surface area contributed by atoms with Gasteiger partial charge in [-0.15, -0.1) is 0 Å². The largest absolute Gasteiger partial charge is 0.493 e. The average molecular weight is 393 g/mol. The Bertz CT molecular complexity index is 1300. The number of thiazole rings is 1. The lowest BCUT2D eigenvalue weighted by molar-refractivity contribution is -0.117. The quantitative estimate of drug-likeness (QED) is 0.688. The molecular formula is C20H15N3O4S. The Labute approximate surface area is 162 Å². The van der Waals surface area contributed by atoms with E-state index in [0.29, 0.717) is 27.6 Å². The topological polar surface area (TPSA) is 101 Å². The molecule has 0 spiro atoms. The number of carbonyl (C=O) groups excluding carboxylic acids is 2. The molecule has 1 aliphatic heterocycles. The molecule has 0 radical (unpaired) electrons. The van der Waals surface area contributed by atoms with Crippen LogP contribution in [0.3, 0.4) is 0 Å². The van der Waals surface area contributed by atoms with Crippen LogP contribution in [0.2, 0.25) is 0 Å². The SMILES string of the molecule is Cc1ccccc1NC(=O)Cn1c(O)c(C2=c3ccccc3=NC2=O)sc1=O. The van der Waals surface area contributed by atoms with Gasteiger partial charge in [0.1, 0.15) is 11.4 Å². The van der Waals surface area contributed by atoms with Crippen LogP contribution < -0.4 is 20.8 Å². The first-order chi connectivity index (χ1) is 13.5. The molecular weight excluding hydrogens is 378 g/mol. The van der Waals surface area contributed by atoms with Gasteiger partial charge in [0.05, 0.1) is 10.9 Å². The van der Waals surface area contributed by atoms with Gasteiger partial charge in [-0.1, -0.05) is 47.7 Å². The molecule has 0 saturated heterocycles. The molecule has 1 aromatic heterocycles. The molecule has 2 amide bonds. The fraction of sp³-hybridized carbons (Fsp3) is 0.100. The summed E-state index contributed by atoms with van der Waals surface area (Å²) in [4.78, 5) is 40.6. The van der Waals surface area contributed by atoms with E-state index in [2.05, 4.69) is 10.3 Å². The van der Waals surface area contributed by atoms with Crippen molar-refractivity contribution in [3.8, 4) is 5.88 Å². The first kappa shape index (κ1) is 17.9. The van der Waals surface area contributed by atoms with Crippen LogP contribution in [0.15, 0.2) is 58.3 Å². The molecule has 2 heterocycles. The zero-order chi connectivity index (χ0) is 19.8. The highest BCUT2D eigenvalue weighted by atomic mass is 32.1. The van der Waals surface area contributed by atoms with Crippen molar-refractivity contribution in [1.29, 1.82) is 0 Å². The fourth-order valence-electron chi connectivity index (χ4n) is 3.03. The van der Waals surface area contributed by atoms with Crippen molar-refractivity contribution in [2.45, 2.75) is 13.5 Å². The maximum Gasteiger partial charge on any atom is 0.311 e. The van der Waals surface area contributed by atoms with E-state index in [1.54, 1.807) is 36.4 Å². The maximum atomic E-state index is 12.4. The van der Waals surface area contributed by atoms with Crippen LogP contribution >= 0.6 is 11.3 Å². The molecule has 0 fully saturated rings. The number of carbonyl (C=O) groups is 2. The summed E-state index contributed by atoms with van der Waals surface area (Å²) < 4.78 is 0.953. The summed E-state index contributed by atoms with van der Waals surface area (Å²) in [5.74, 6) is -1.39. The summed E-state index contributed by atoms with van der Waals surface area (Å²) in [7, 11) is 0. The molecule has 8 heteroatoms. The normalized spacial score (nSPS) is 12.6. The Morgan fingerprint density at radius 2 is 1.86 bits per heavy atom. The molecule has 4 rings (SSSR count). The van der Waals surface area contributed by atoms with Crippen molar-refractivity contribution >= 4 is 34.4 Å². The molecule has 2 aromatic carbocycles. The first-order valence-electron chi connectivity index (χ1n) is 8.46. The van der Waals surface area contributed by atoms with Crippen molar-refractivity contribution in [2.75, 3.05) is 5.32 Å². The van der Waals surface area contributed by atoms with Crippen LogP contribution in [-0.2, 0) is 16.1 Å². The lowest BCUT2D eigenvalue weighted by Gasteiger charge is -2.09. The van der Waals surface area contributed by atoms with Gasteiger partial charge in [0.25, 0.3) is 5.91 Å². The number of hydrogen-bond donors (Lipinski definition) is 2. The van der Waals surface area contributed by atoms with Crippen molar-refractivity contribution in [2.24, 2.45) is 4.99 Å². The number of nitrogens with one attached hydrogen (secondary N) is 1. The van der Waals surface area contributed by atoms with E-state index < -0.39 is 22.6 Å². The molecule has 3 aromatic rings. The third kappa shape index (κ3) is 3.03. The summed E-state index contributed by atoms with van der Waals surface area (Å²) >= 11 is 0.717. The van der Waals surface area contributed by atoms with Gasteiger partial charge in [0.15, 0.2) is 0 Å². The second-order valence-corrected chi connectivity index (χ2v) is 7.24. The molecule has 0 unspecified atom stereocenters. The zero-order valence-electron chi connectivity index (χ0n) is 14.8. The second kappa shape index (κ2) is 6.90. The van der Waals surface area contributed by atoms with E-state index in [9.17, 15) is 19.5 Å². The average Bonchev–Trinajstić information content (AvgIpc) is 3.13. The number of fused-ring (bicyclic) bond motifs is 1. The number of benzene rings is 2. The van der Waals surface area contributed by atoms with E-state index in [-0.39, 0.29) is 17.0 Å². The number of aromatic hydroxyl groups is 1. The number of amides is 2. The van der Waals surface area contributed by atoms with Gasteiger partial charge in [0.2, 0.25) is 11.8 Å². The molecule has 0 bridgehead atoms. The maximum absolute atomic E-state index is 12.4. The third-order valence-electron chi connectivity index (χ3n) is 4.43. The predicted molar refractivity (Wildman–Crippen MR) is 105 cm³/mol. The third-order valence-corrected chi connectivity index (χ3v) is 5.41. The Morgan fingerprint density at radius 1 is 1.14 bits per heavy atom. The molecule has 0 aliphatic carbocycles. The Balaban J connectivity index is 1.69. The minimum atomic E-state index is -0.530. The highest BCUT2D eigenvalue weighted by Gasteiger charge is 2.26. The monoisotopic (exact) mass is 393 g/mol. The van der Waals surface area contributed by atoms with Gasteiger partial charge in [-0.3, -0.25) is 19.0 Å². The number of para-hydroxylation sites is 2. The highest BCUT2D eigenvalue weighted by molar-refractivity contribution is 7.11. The van der Waals surface area contributed by atoms with Gasteiger partial charge in [0, 0.05) is 10.9 Å². The van der Waals surface area contributed by atoms with Gasteiger partial charge >= 0.3 is 4.87 Å². The smallest absolute Gasteiger partial charge is 0.311 e. The number of rotatable bonds is 4. The molecule has 2 N–H and O–H groups in total. The van der Waals surface area contributed by atoms with Crippen molar-refractivity contribution in [3.63, 3.8) is 0 Å². The molecule has 7 nitrogen and oxygen atoms in total. The number of hydrogen-bond acceptors (Lipinski definition) is 5. The highest BCUT2D eigenvalue weighted by Crippen LogP contribution is 2.28. The van der Waals surface area contributed by atoms with E-state index in [1.165, 1.54) is 0 Å². The van der Waals surface area contributed by atoms with Gasteiger partial charge in [-0.25, -0.2) is 4.99 Å². The van der Waals surface area contributed by atoms with Crippen molar-refractivity contribution in [1.82, 2.24) is 4.57 Å². The number of nitrogens with zero attached hydrogens (tertiary/aromatic N) is 2. The predicted octanol–water partition coefficient (Wildman–Crippen LogP) is 0.921. The summed E-state index contributed by atoms with van der Waals surface area (Å²) in [5.41, 5.74) is 1.68. The molecule has 0 saturated carbocycles. The van der Waals surface area contributed by atoms with Crippen LogP contribution in [0.1, 0.15) is 10.4 Å². The summed E-state index contributed by atoms with van der Waals surface area (Å²) in [6.45, 7) is 1.49. The molecule has 28 heavy (non-hydrogen) atoms. The van der Waals surface area contributed by atoms with Gasteiger partial charge in [-0.05, 0) is 24.6 Å². The van der Waals surface area contributed by atoms with Crippen molar-refractivity contribution < 1.29 is 14.7 Å². The lowest BCUT2D eigenvalue weighted by Crippen LogP contribution is -2.24. The van der Waals surface area contributed by atoms with E-state index in [0.717, 1.165) is 10.1 Å². The second-order valence-electron chi connectivity index (χ2n) is 6.28. The molecule has 1 aliphatic rings. The Kier molecular flexibility index (Phi) is 4.40. The Morgan fingerprint density at radius 3 is 2.64 bits per heavy atom. The first-order valence-corrected chi connectivity index (χ1v) is 9.28. The summed E-state index contributed by atoms with van der Waals surface area (Å²) in [6.07, 6.45) is 0. The summed E-state index contributed by atoms with van der Waals surface area (Å²) in [5, 5.41) is 14.3. The number of aryl methyl sites for hydroxylation is 1. The minimum absolute atomic E-state index is 0.118. The number of anilines is 1. The lowest BCUT2D eigenvalue weighted by atomic mass is 10.1. The van der Waals surface area contributed by atoms with Gasteiger partial charge < -0.3 is 10.4 Å². The molecule has 0 atom stereocenters. The van der Waals surface area contributed by atoms with Crippen LogP contribution in [0, 0.1) is 6.92 Å². The van der Waals surface area contributed by atoms with Crippen LogP contribution in [0.4, 0.5) is 5.69 Å². The standard InChI is InChI=1S/C20H15N3O4S/c1-11-6-2-4-8-13(11)21-15(24)10-23-19(26)17(28-20(23)27)16-12-7-3-5-9-14(12)22-18(16)25/h2-9,26H,10H2,1H3,(H,21,24). The van der Waals surface area contributed by atoms with Crippen LogP contribution in [0.5, 0.6) is 5.88 Å². The fourth-order valence-corrected chi connectivity index (χ4v) is 3.96. The zero-order valence-corrected chi connectivity index (χ0v) is 15.6. The van der Waals surface area contributed by atoms with Crippen molar-refractivity contribution in [3.05, 3.63) is 79.2 Å². The number of aromatic nitrogens is 1. The van der Waals surface area contributed by atoms with Crippen LogP contribution in [0.25, 0.3) is 5.57 Å². The van der Waals surface area contributed by atoms with Gasteiger partial charge in [-0.2, -0.15) is 0 Å². The van der Waals surface area contributed by atoms with E-state index in [4.69, 9.17) is 0 Å². The van der Waals surface area contributed by atoms with E-state index >= 15 is 0 Å². The molecule has 140 valence electrons. The minimum Gasteiger partial charge on any atom is -0.493 e. The van der Waals surface area contributed by atoms with E-state index in [1.807, 2.05) is 19.1 Å².